The van der Waals surface area contributed by atoms with E-state index in [9.17, 15) is 8.42 Å². The van der Waals surface area contributed by atoms with Crippen molar-refractivity contribution in [3.05, 3.63) is 0 Å². The Hall–Kier alpha value is -0.820. The van der Waals surface area contributed by atoms with E-state index in [2.05, 4.69) is 15.2 Å². The molecule has 1 aliphatic carbocycles. The van der Waals surface area contributed by atoms with Crippen LogP contribution in [-0.4, -0.2) is 69.6 Å². The van der Waals surface area contributed by atoms with Gasteiger partial charge in [0, 0.05) is 39.8 Å². The highest BCUT2D eigenvalue weighted by atomic mass is 32.2. The van der Waals surface area contributed by atoms with E-state index in [1.54, 1.807) is 0 Å². The van der Waals surface area contributed by atoms with Gasteiger partial charge in [0.1, 0.15) is 0 Å². The van der Waals surface area contributed by atoms with Crippen molar-refractivity contribution in [2.24, 2.45) is 10.4 Å². The molecule has 0 amide bonds. The zero-order chi connectivity index (χ0) is 16.2. The normalized spacial score (nSPS) is 21.5. The van der Waals surface area contributed by atoms with Crippen LogP contribution < -0.4 is 5.32 Å². The van der Waals surface area contributed by atoms with Gasteiger partial charge >= 0.3 is 0 Å². The smallest absolute Gasteiger partial charge is 0.211 e. The monoisotopic (exact) mass is 330 g/mol. The highest BCUT2D eigenvalue weighted by molar-refractivity contribution is 7.88. The first-order chi connectivity index (χ1) is 10.4. The summed E-state index contributed by atoms with van der Waals surface area (Å²) in [6.45, 7) is 5.92. The van der Waals surface area contributed by atoms with Crippen molar-refractivity contribution >= 4 is 16.0 Å². The molecule has 2 fully saturated rings. The van der Waals surface area contributed by atoms with Crippen LogP contribution in [0, 0.1) is 5.41 Å². The lowest BCUT2D eigenvalue weighted by Gasteiger charge is -2.38. The minimum atomic E-state index is -3.08. The van der Waals surface area contributed by atoms with Crippen LogP contribution in [0.2, 0.25) is 0 Å². The summed E-state index contributed by atoms with van der Waals surface area (Å²) in [7, 11) is -1.26. The maximum Gasteiger partial charge on any atom is 0.211 e. The standard InChI is InChI=1S/C15H30N4O2S/c1-4-19(22(3,20)21)11-6-10-17-14(16-2)18-12-9-15(13-18)7-5-8-15/h4-13H2,1-3H3,(H,16,17). The van der Waals surface area contributed by atoms with Gasteiger partial charge < -0.3 is 10.2 Å². The fourth-order valence-corrected chi connectivity index (χ4v) is 4.48. The lowest BCUT2D eigenvalue weighted by atomic mass is 9.68. The summed E-state index contributed by atoms with van der Waals surface area (Å²) in [6, 6.07) is 0. The highest BCUT2D eigenvalue weighted by Crippen LogP contribution is 2.47. The number of sulfonamides is 1. The van der Waals surface area contributed by atoms with Crippen LogP contribution in [0.5, 0.6) is 0 Å². The Morgan fingerprint density at radius 3 is 2.55 bits per heavy atom. The van der Waals surface area contributed by atoms with Gasteiger partial charge in [-0.3, -0.25) is 4.99 Å². The van der Waals surface area contributed by atoms with Gasteiger partial charge in [0.15, 0.2) is 5.96 Å². The molecule has 0 radical (unpaired) electrons. The van der Waals surface area contributed by atoms with E-state index in [1.807, 2.05) is 14.0 Å². The molecule has 2 aliphatic rings. The summed E-state index contributed by atoms with van der Waals surface area (Å²) in [5, 5.41) is 3.38. The van der Waals surface area contributed by atoms with Crippen molar-refractivity contribution in [3.63, 3.8) is 0 Å². The Morgan fingerprint density at radius 2 is 2.09 bits per heavy atom. The lowest BCUT2D eigenvalue weighted by Crippen LogP contribution is -2.43. The van der Waals surface area contributed by atoms with Gasteiger partial charge in [-0.05, 0) is 31.1 Å². The molecule has 7 heteroatoms. The maximum atomic E-state index is 11.5. The zero-order valence-corrected chi connectivity index (χ0v) is 15.0. The Kier molecular flexibility index (Phi) is 5.71. The van der Waals surface area contributed by atoms with Gasteiger partial charge in [-0.15, -0.1) is 0 Å². The molecule has 1 saturated carbocycles. The number of likely N-dealkylation sites (tertiary alicyclic amines) is 1. The molecule has 1 spiro atoms. The van der Waals surface area contributed by atoms with Crippen LogP contribution in [0.15, 0.2) is 4.99 Å². The topological polar surface area (TPSA) is 65.0 Å². The molecule has 1 heterocycles. The molecule has 1 aliphatic heterocycles. The number of rotatable bonds is 6. The second-order valence-corrected chi connectivity index (χ2v) is 8.59. The largest absolute Gasteiger partial charge is 0.356 e. The Bertz CT molecular complexity index is 500. The third-order valence-corrected chi connectivity index (χ3v) is 6.43. The fraction of sp³-hybridized carbons (Fsp3) is 0.933. The van der Waals surface area contributed by atoms with E-state index in [1.165, 1.54) is 36.2 Å². The van der Waals surface area contributed by atoms with Crippen LogP contribution in [0.25, 0.3) is 0 Å². The minimum absolute atomic E-state index is 0.530. The molecular weight excluding hydrogens is 300 g/mol. The van der Waals surface area contributed by atoms with Crippen molar-refractivity contribution < 1.29 is 8.42 Å². The summed E-state index contributed by atoms with van der Waals surface area (Å²) in [5.41, 5.74) is 0.562. The summed E-state index contributed by atoms with van der Waals surface area (Å²) >= 11 is 0. The highest BCUT2D eigenvalue weighted by Gasteiger charge is 2.43. The Morgan fingerprint density at radius 1 is 1.36 bits per heavy atom. The van der Waals surface area contributed by atoms with Gasteiger partial charge in [0.25, 0.3) is 0 Å². The molecular formula is C15H30N4O2S. The third-order valence-electron chi connectivity index (χ3n) is 5.05. The molecule has 0 unspecified atom stereocenters. The van der Waals surface area contributed by atoms with E-state index in [4.69, 9.17) is 0 Å². The van der Waals surface area contributed by atoms with Crippen LogP contribution in [0.1, 0.15) is 39.0 Å². The van der Waals surface area contributed by atoms with Crippen LogP contribution >= 0.6 is 0 Å². The summed E-state index contributed by atoms with van der Waals surface area (Å²) < 4.78 is 24.6. The number of nitrogens with zero attached hydrogens (tertiary/aromatic N) is 3. The van der Waals surface area contributed by atoms with Crippen molar-refractivity contribution in [1.29, 1.82) is 0 Å². The zero-order valence-electron chi connectivity index (χ0n) is 14.1. The molecule has 0 atom stereocenters. The number of hydrogen-bond acceptors (Lipinski definition) is 3. The summed E-state index contributed by atoms with van der Waals surface area (Å²) in [6.07, 6.45) is 7.44. The molecule has 2 rings (SSSR count). The molecule has 0 aromatic carbocycles. The fourth-order valence-electron chi connectivity index (χ4n) is 3.55. The molecule has 0 aromatic heterocycles. The maximum absolute atomic E-state index is 11.5. The average Bonchev–Trinajstić information content (AvgIpc) is 2.87. The van der Waals surface area contributed by atoms with Crippen LogP contribution in [0.3, 0.4) is 0 Å². The van der Waals surface area contributed by atoms with Gasteiger partial charge in [-0.1, -0.05) is 13.3 Å². The number of guanidine groups is 1. The first kappa shape index (κ1) is 17.5. The third kappa shape index (κ3) is 4.13. The molecule has 128 valence electrons. The molecule has 1 saturated heterocycles. The second-order valence-electron chi connectivity index (χ2n) is 6.61. The Balaban J connectivity index is 1.73. The first-order valence-electron chi connectivity index (χ1n) is 8.31. The predicted molar refractivity (Wildman–Crippen MR) is 90.5 cm³/mol. The van der Waals surface area contributed by atoms with E-state index in [-0.39, 0.29) is 0 Å². The Labute approximate surface area is 135 Å². The van der Waals surface area contributed by atoms with Crippen LogP contribution in [-0.2, 0) is 10.0 Å². The molecule has 0 bridgehead atoms. The first-order valence-corrected chi connectivity index (χ1v) is 10.2. The molecule has 1 N–H and O–H groups in total. The van der Waals surface area contributed by atoms with E-state index < -0.39 is 10.0 Å². The van der Waals surface area contributed by atoms with Crippen molar-refractivity contribution in [3.8, 4) is 0 Å². The number of nitrogens with one attached hydrogen (secondary N) is 1. The summed E-state index contributed by atoms with van der Waals surface area (Å²) in [4.78, 5) is 6.73. The van der Waals surface area contributed by atoms with Crippen molar-refractivity contribution in [2.45, 2.75) is 39.0 Å². The van der Waals surface area contributed by atoms with Gasteiger partial charge in [-0.2, -0.15) is 0 Å². The van der Waals surface area contributed by atoms with E-state index in [0.717, 1.165) is 32.0 Å². The van der Waals surface area contributed by atoms with Gasteiger partial charge in [-0.25, -0.2) is 12.7 Å². The lowest BCUT2D eigenvalue weighted by molar-refractivity contribution is 0.151. The second kappa shape index (κ2) is 7.17. The average molecular weight is 330 g/mol. The molecule has 6 nitrogen and oxygen atoms in total. The number of aliphatic imine (C=N–C) groups is 1. The van der Waals surface area contributed by atoms with Crippen LogP contribution in [0.4, 0.5) is 0 Å². The number of hydrogen-bond donors (Lipinski definition) is 1. The van der Waals surface area contributed by atoms with Crippen molar-refractivity contribution in [1.82, 2.24) is 14.5 Å². The van der Waals surface area contributed by atoms with Gasteiger partial charge in [0.05, 0.1) is 6.26 Å². The quantitative estimate of drug-likeness (QED) is 0.450. The van der Waals surface area contributed by atoms with E-state index in [0.29, 0.717) is 18.5 Å². The van der Waals surface area contributed by atoms with E-state index >= 15 is 0 Å². The minimum Gasteiger partial charge on any atom is -0.356 e. The van der Waals surface area contributed by atoms with Crippen molar-refractivity contribution in [2.75, 3.05) is 46.0 Å². The summed E-state index contributed by atoms with van der Waals surface area (Å²) in [5.74, 6) is 0.964. The van der Waals surface area contributed by atoms with Gasteiger partial charge in [0.2, 0.25) is 10.0 Å². The molecule has 22 heavy (non-hydrogen) atoms. The predicted octanol–water partition coefficient (Wildman–Crippen LogP) is 1.11. The molecule has 0 aromatic rings. The SMILES string of the molecule is CCN(CCCNC(=NC)N1CCC2(CCC2)C1)S(C)(=O)=O.